The lowest BCUT2D eigenvalue weighted by molar-refractivity contribution is 0.125. The Bertz CT molecular complexity index is 763. The molecular weight excluding hydrogens is 362 g/mol. The molecule has 27 heavy (non-hydrogen) atoms. The number of H-pyrrole nitrogens is 1. The maximum Gasteiger partial charge on any atom is 0.185 e. The minimum Gasteiger partial charge on any atom is -0.396 e. The van der Waals surface area contributed by atoms with Gasteiger partial charge in [0.1, 0.15) is 5.82 Å². The number of hydrogen-bond donors (Lipinski definition) is 3. The lowest BCUT2D eigenvalue weighted by Crippen LogP contribution is -2.37. The summed E-state index contributed by atoms with van der Waals surface area (Å²) in [6, 6.07) is 0. The van der Waals surface area contributed by atoms with E-state index in [1.54, 1.807) is 11.3 Å². The van der Waals surface area contributed by atoms with E-state index in [0.29, 0.717) is 5.92 Å². The molecule has 0 aromatic carbocycles. The molecule has 2 saturated heterocycles. The minimum atomic E-state index is -0.0872. The van der Waals surface area contributed by atoms with Crippen molar-refractivity contribution < 1.29 is 10.2 Å². The molecule has 4 heterocycles. The number of aliphatic hydroxyl groups excluding tert-OH is 2. The van der Waals surface area contributed by atoms with E-state index in [-0.39, 0.29) is 18.6 Å². The number of nitrogens with one attached hydrogen (secondary N) is 1. The molecular formula is C19H29N5O2S. The summed E-state index contributed by atoms with van der Waals surface area (Å²) >= 11 is 1.58. The molecule has 0 aliphatic carbocycles. The van der Waals surface area contributed by atoms with Gasteiger partial charge in [-0.1, -0.05) is 13.3 Å². The van der Waals surface area contributed by atoms with Crippen molar-refractivity contribution in [3.05, 3.63) is 28.8 Å². The lowest BCUT2D eigenvalue weighted by atomic mass is 9.82. The predicted molar refractivity (Wildman–Crippen MR) is 106 cm³/mol. The molecule has 2 aromatic rings. The third-order valence-electron chi connectivity index (χ3n) is 5.96. The molecule has 2 aromatic heterocycles. The summed E-state index contributed by atoms with van der Waals surface area (Å²) in [6.45, 7) is 6.87. The van der Waals surface area contributed by atoms with Crippen LogP contribution in [0.25, 0.3) is 0 Å². The molecule has 0 spiro atoms. The summed E-state index contributed by atoms with van der Waals surface area (Å²) in [5.41, 5.74) is 1.80. The van der Waals surface area contributed by atoms with Crippen LogP contribution in [0.2, 0.25) is 0 Å². The number of rotatable bonds is 8. The highest BCUT2D eigenvalue weighted by molar-refractivity contribution is 7.13. The smallest absolute Gasteiger partial charge is 0.185 e. The van der Waals surface area contributed by atoms with E-state index < -0.39 is 0 Å². The van der Waals surface area contributed by atoms with Crippen molar-refractivity contribution in [2.24, 2.45) is 11.3 Å². The van der Waals surface area contributed by atoms with Gasteiger partial charge >= 0.3 is 0 Å². The molecule has 4 rings (SSSR count). The molecule has 148 valence electrons. The molecule has 2 fully saturated rings. The lowest BCUT2D eigenvalue weighted by Gasteiger charge is -2.27. The van der Waals surface area contributed by atoms with Gasteiger partial charge in [0.25, 0.3) is 0 Å². The van der Waals surface area contributed by atoms with E-state index in [0.717, 1.165) is 62.2 Å². The predicted octanol–water partition coefficient (Wildman–Crippen LogP) is 1.63. The zero-order valence-corrected chi connectivity index (χ0v) is 16.7. The summed E-state index contributed by atoms with van der Waals surface area (Å²) in [4.78, 5) is 17.2. The zero-order chi connectivity index (χ0) is 18.9. The quantitative estimate of drug-likeness (QED) is 0.634. The van der Waals surface area contributed by atoms with E-state index in [2.05, 4.69) is 31.7 Å². The maximum atomic E-state index is 10.2. The molecule has 7 nitrogen and oxygen atoms in total. The minimum absolute atomic E-state index is 0.0167. The third kappa shape index (κ3) is 3.76. The number of fused-ring (bicyclic) bond motifs is 1. The second-order valence-corrected chi connectivity index (χ2v) is 8.84. The van der Waals surface area contributed by atoms with Crippen molar-refractivity contribution in [1.29, 1.82) is 0 Å². The number of aromatic amines is 1. The van der Waals surface area contributed by atoms with Crippen molar-refractivity contribution in [2.75, 3.05) is 37.7 Å². The Kier molecular flexibility index (Phi) is 5.50. The first-order valence-corrected chi connectivity index (χ1v) is 10.7. The van der Waals surface area contributed by atoms with Crippen LogP contribution in [0.5, 0.6) is 0 Å². The highest BCUT2D eigenvalue weighted by atomic mass is 32.1. The van der Waals surface area contributed by atoms with Crippen LogP contribution in [-0.4, -0.2) is 62.9 Å². The van der Waals surface area contributed by atoms with Gasteiger partial charge < -0.3 is 20.1 Å². The first kappa shape index (κ1) is 18.9. The summed E-state index contributed by atoms with van der Waals surface area (Å²) in [5.74, 6) is 1.52. The first-order chi connectivity index (χ1) is 13.2. The number of anilines is 1. The Morgan fingerprint density at radius 3 is 2.93 bits per heavy atom. The van der Waals surface area contributed by atoms with Gasteiger partial charge in [-0.15, -0.1) is 11.3 Å². The molecule has 2 unspecified atom stereocenters. The average molecular weight is 392 g/mol. The van der Waals surface area contributed by atoms with Gasteiger partial charge in [0.15, 0.2) is 5.13 Å². The van der Waals surface area contributed by atoms with Crippen molar-refractivity contribution in [2.45, 2.75) is 39.3 Å². The van der Waals surface area contributed by atoms with Crippen LogP contribution in [0.15, 0.2) is 11.6 Å². The van der Waals surface area contributed by atoms with Crippen LogP contribution in [-0.2, 0) is 19.6 Å². The number of unbranched alkanes of at least 4 members (excludes halogenated alkanes) is 1. The molecule has 2 atom stereocenters. The Labute approximate surface area is 164 Å². The summed E-state index contributed by atoms with van der Waals surface area (Å²) in [5, 5.41) is 22.3. The molecule has 2 aliphatic heterocycles. The van der Waals surface area contributed by atoms with Crippen molar-refractivity contribution in [3.8, 4) is 0 Å². The largest absolute Gasteiger partial charge is 0.396 e. The van der Waals surface area contributed by atoms with E-state index in [1.165, 1.54) is 12.1 Å². The Hall–Kier alpha value is -1.48. The highest BCUT2D eigenvalue weighted by Crippen LogP contribution is 2.44. The topological polar surface area (TPSA) is 88.5 Å². The third-order valence-corrected chi connectivity index (χ3v) is 6.91. The molecule has 0 bridgehead atoms. The van der Waals surface area contributed by atoms with Crippen LogP contribution in [0.4, 0.5) is 5.13 Å². The van der Waals surface area contributed by atoms with Gasteiger partial charge in [0.2, 0.25) is 0 Å². The van der Waals surface area contributed by atoms with E-state index in [1.807, 2.05) is 11.6 Å². The molecule has 0 amide bonds. The van der Waals surface area contributed by atoms with E-state index in [9.17, 15) is 10.2 Å². The van der Waals surface area contributed by atoms with Gasteiger partial charge in [-0.05, 0) is 12.3 Å². The molecule has 3 N–H and O–H groups in total. The number of aliphatic hydroxyl groups is 2. The van der Waals surface area contributed by atoms with Gasteiger partial charge in [-0.25, -0.2) is 9.97 Å². The van der Waals surface area contributed by atoms with Gasteiger partial charge in [0, 0.05) is 61.8 Å². The Balaban J connectivity index is 1.38. The fourth-order valence-electron chi connectivity index (χ4n) is 4.49. The second-order valence-electron chi connectivity index (χ2n) is 8.01. The normalized spacial score (nSPS) is 25.4. The van der Waals surface area contributed by atoms with Crippen LogP contribution < -0.4 is 4.90 Å². The van der Waals surface area contributed by atoms with Crippen molar-refractivity contribution >= 4 is 16.5 Å². The number of imidazole rings is 1. The number of aryl methyl sites for hydroxylation is 1. The Morgan fingerprint density at radius 1 is 1.33 bits per heavy atom. The monoisotopic (exact) mass is 391 g/mol. The zero-order valence-electron chi connectivity index (χ0n) is 15.9. The molecule has 8 heteroatoms. The number of hydrogen-bond acceptors (Lipinski definition) is 7. The number of thiazole rings is 1. The van der Waals surface area contributed by atoms with E-state index in [4.69, 9.17) is 0 Å². The van der Waals surface area contributed by atoms with Crippen LogP contribution in [0, 0.1) is 11.3 Å². The average Bonchev–Trinajstić information content (AvgIpc) is 3.42. The fourth-order valence-corrected chi connectivity index (χ4v) is 5.32. The van der Waals surface area contributed by atoms with Crippen LogP contribution in [0.3, 0.4) is 0 Å². The van der Waals surface area contributed by atoms with Crippen molar-refractivity contribution in [3.63, 3.8) is 0 Å². The fraction of sp³-hybridized carbons (Fsp3) is 0.684. The molecule has 0 radical (unpaired) electrons. The van der Waals surface area contributed by atoms with Crippen LogP contribution >= 0.6 is 11.3 Å². The number of likely N-dealkylation sites (tertiary alicyclic amines) is 1. The highest BCUT2D eigenvalue weighted by Gasteiger charge is 2.52. The molecule has 0 saturated carbocycles. The van der Waals surface area contributed by atoms with Gasteiger partial charge in [-0.3, -0.25) is 4.90 Å². The second kappa shape index (κ2) is 7.87. The summed E-state index contributed by atoms with van der Waals surface area (Å²) in [7, 11) is 0. The van der Waals surface area contributed by atoms with Crippen molar-refractivity contribution in [1.82, 2.24) is 19.9 Å². The summed E-state index contributed by atoms with van der Waals surface area (Å²) in [6.07, 6.45) is 5.32. The molecule has 2 aliphatic rings. The SMILES string of the molecule is CCCCc1ncc(CN2CC3CN(c4nc(CO)cs4)CC3(CO)C2)[nH]1. The van der Waals surface area contributed by atoms with Gasteiger partial charge in [0.05, 0.1) is 18.9 Å². The van der Waals surface area contributed by atoms with Gasteiger partial charge in [-0.2, -0.15) is 0 Å². The number of aromatic nitrogens is 3. The Morgan fingerprint density at radius 2 is 2.22 bits per heavy atom. The van der Waals surface area contributed by atoms with E-state index >= 15 is 0 Å². The van der Waals surface area contributed by atoms with Crippen LogP contribution in [0.1, 0.15) is 37.0 Å². The summed E-state index contributed by atoms with van der Waals surface area (Å²) < 4.78 is 0. The maximum absolute atomic E-state index is 10.2. The standard InChI is InChI=1S/C19H29N5O2S/c1-2-3-4-17-20-5-15(21-17)8-23-6-14-7-24(12-19(14,11-23)13-26)18-22-16(9-25)10-27-18/h5,10,14,25-26H,2-4,6-9,11-13H2,1H3,(H,20,21). The number of nitrogens with zero attached hydrogens (tertiary/aromatic N) is 4. The first-order valence-electron chi connectivity index (χ1n) is 9.82.